The van der Waals surface area contributed by atoms with E-state index in [1.165, 1.54) is 0 Å². The molecular formula is C13H19ClN6O. The van der Waals surface area contributed by atoms with Crippen molar-refractivity contribution < 1.29 is 4.74 Å². The average Bonchev–Trinajstić information content (AvgIpc) is 2.93. The normalized spacial score (nSPS) is 15.2. The Morgan fingerprint density at radius 1 is 1.43 bits per heavy atom. The Morgan fingerprint density at radius 3 is 3.00 bits per heavy atom. The summed E-state index contributed by atoms with van der Waals surface area (Å²) in [5.41, 5.74) is 2.14. The number of halogens is 1. The molecule has 2 aromatic heterocycles. The highest BCUT2D eigenvalue weighted by Crippen LogP contribution is 2.33. The Hall–Kier alpha value is -1.86. The number of aromatic nitrogens is 4. The quantitative estimate of drug-likeness (QED) is 0.801. The van der Waals surface area contributed by atoms with Gasteiger partial charge in [-0.1, -0.05) is 0 Å². The highest BCUT2D eigenvalue weighted by molar-refractivity contribution is 5.85. The van der Waals surface area contributed by atoms with Crippen LogP contribution in [0.1, 0.15) is 32.0 Å². The van der Waals surface area contributed by atoms with Crippen LogP contribution >= 0.6 is 12.4 Å². The maximum absolute atomic E-state index is 5.36. The standard InChI is InChI=1S/C13H18N6O.ClH/c1-4-20-9-5-6-14-12(16-9)17-11-8-7-15-13(2,3)10(8)18-19-11;/h5-6,15H,4,7H2,1-3H3,(H2,14,16,17,18,19);1H. The van der Waals surface area contributed by atoms with Gasteiger partial charge in [-0.3, -0.25) is 5.10 Å². The summed E-state index contributed by atoms with van der Waals surface area (Å²) in [4.78, 5) is 8.46. The largest absolute Gasteiger partial charge is 0.478 e. The van der Waals surface area contributed by atoms with Crippen LogP contribution in [-0.4, -0.2) is 26.8 Å². The predicted molar refractivity (Wildman–Crippen MR) is 82.2 cm³/mol. The van der Waals surface area contributed by atoms with Gasteiger partial charge in [0.2, 0.25) is 11.8 Å². The van der Waals surface area contributed by atoms with E-state index >= 15 is 0 Å². The van der Waals surface area contributed by atoms with Crippen LogP contribution in [0.25, 0.3) is 0 Å². The molecular weight excluding hydrogens is 292 g/mol. The fourth-order valence-corrected chi connectivity index (χ4v) is 2.29. The zero-order valence-electron chi connectivity index (χ0n) is 12.2. The molecule has 0 aliphatic carbocycles. The molecule has 3 N–H and O–H groups in total. The topological polar surface area (TPSA) is 87.8 Å². The van der Waals surface area contributed by atoms with Crippen molar-refractivity contribution in [1.82, 2.24) is 25.5 Å². The Balaban J connectivity index is 0.00000161. The van der Waals surface area contributed by atoms with Crippen LogP contribution in [0.2, 0.25) is 0 Å². The van der Waals surface area contributed by atoms with Gasteiger partial charge in [0.15, 0.2) is 5.82 Å². The van der Waals surface area contributed by atoms with Crippen molar-refractivity contribution in [3.8, 4) is 5.88 Å². The molecule has 1 aliphatic heterocycles. The second-order valence-electron chi connectivity index (χ2n) is 5.18. The van der Waals surface area contributed by atoms with Crippen molar-refractivity contribution in [1.29, 1.82) is 0 Å². The van der Waals surface area contributed by atoms with Gasteiger partial charge < -0.3 is 15.4 Å². The fourth-order valence-electron chi connectivity index (χ4n) is 2.29. The van der Waals surface area contributed by atoms with Gasteiger partial charge in [0, 0.05) is 24.4 Å². The molecule has 0 atom stereocenters. The van der Waals surface area contributed by atoms with Gasteiger partial charge in [0.05, 0.1) is 17.8 Å². The van der Waals surface area contributed by atoms with E-state index < -0.39 is 0 Å². The van der Waals surface area contributed by atoms with Gasteiger partial charge in [-0.05, 0) is 20.8 Å². The third-order valence-electron chi connectivity index (χ3n) is 3.35. The minimum atomic E-state index is -0.0870. The molecule has 1 aliphatic rings. The van der Waals surface area contributed by atoms with Gasteiger partial charge in [-0.15, -0.1) is 12.4 Å². The second kappa shape index (κ2) is 5.87. The molecule has 0 spiro atoms. The van der Waals surface area contributed by atoms with E-state index in [4.69, 9.17) is 4.74 Å². The zero-order valence-corrected chi connectivity index (χ0v) is 13.0. The van der Waals surface area contributed by atoms with Gasteiger partial charge in [0.1, 0.15) is 0 Å². The lowest BCUT2D eigenvalue weighted by Crippen LogP contribution is -2.29. The number of ether oxygens (including phenoxy) is 1. The average molecular weight is 311 g/mol. The lowest BCUT2D eigenvalue weighted by atomic mass is 10.0. The van der Waals surface area contributed by atoms with Crippen molar-refractivity contribution in [3.05, 3.63) is 23.5 Å². The van der Waals surface area contributed by atoms with Gasteiger partial charge in [-0.25, -0.2) is 4.98 Å². The minimum absolute atomic E-state index is 0. The molecule has 0 amide bonds. The van der Waals surface area contributed by atoms with Crippen LogP contribution in [0.5, 0.6) is 5.88 Å². The van der Waals surface area contributed by atoms with E-state index in [0.29, 0.717) is 18.4 Å². The van der Waals surface area contributed by atoms with Crippen molar-refractivity contribution >= 4 is 24.2 Å². The van der Waals surface area contributed by atoms with Crippen molar-refractivity contribution in [2.45, 2.75) is 32.9 Å². The number of H-pyrrole nitrogens is 1. The third kappa shape index (κ3) is 2.93. The fraction of sp³-hybridized carbons (Fsp3) is 0.462. The number of nitrogens with one attached hydrogen (secondary N) is 3. The van der Waals surface area contributed by atoms with Gasteiger partial charge in [0.25, 0.3) is 0 Å². The van der Waals surface area contributed by atoms with Crippen LogP contribution < -0.4 is 15.4 Å². The molecule has 0 saturated heterocycles. The van der Waals surface area contributed by atoms with E-state index in [-0.39, 0.29) is 17.9 Å². The van der Waals surface area contributed by atoms with E-state index in [1.807, 2.05) is 6.92 Å². The lowest BCUT2D eigenvalue weighted by molar-refractivity contribution is 0.326. The first-order valence-corrected chi connectivity index (χ1v) is 6.66. The number of fused-ring (bicyclic) bond motifs is 1. The maximum Gasteiger partial charge on any atom is 0.231 e. The van der Waals surface area contributed by atoms with Crippen LogP contribution in [0.4, 0.5) is 11.8 Å². The molecule has 7 nitrogen and oxygen atoms in total. The first kappa shape index (κ1) is 15.5. The molecule has 0 radical (unpaired) electrons. The highest BCUT2D eigenvalue weighted by Gasteiger charge is 2.33. The molecule has 3 rings (SSSR count). The molecule has 21 heavy (non-hydrogen) atoms. The van der Waals surface area contributed by atoms with Crippen LogP contribution in [0.3, 0.4) is 0 Å². The summed E-state index contributed by atoms with van der Waals surface area (Å²) in [6.45, 7) is 7.50. The lowest BCUT2D eigenvalue weighted by Gasteiger charge is -2.16. The Morgan fingerprint density at radius 2 is 2.24 bits per heavy atom. The van der Waals surface area contributed by atoms with Gasteiger partial charge in [-0.2, -0.15) is 10.1 Å². The van der Waals surface area contributed by atoms with Crippen molar-refractivity contribution in [2.75, 3.05) is 11.9 Å². The van der Waals surface area contributed by atoms with Crippen LogP contribution in [0, 0.1) is 0 Å². The predicted octanol–water partition coefficient (Wildman–Crippen LogP) is 2.10. The van der Waals surface area contributed by atoms with Crippen molar-refractivity contribution in [3.63, 3.8) is 0 Å². The smallest absolute Gasteiger partial charge is 0.231 e. The number of nitrogens with zero attached hydrogens (tertiary/aromatic N) is 3. The van der Waals surface area contributed by atoms with E-state index in [1.54, 1.807) is 12.3 Å². The molecule has 2 aromatic rings. The molecule has 3 heterocycles. The summed E-state index contributed by atoms with van der Waals surface area (Å²) in [6.07, 6.45) is 1.66. The molecule has 0 aromatic carbocycles. The maximum atomic E-state index is 5.36. The number of hydrogen-bond donors (Lipinski definition) is 3. The van der Waals surface area contributed by atoms with E-state index in [2.05, 4.69) is 44.6 Å². The number of hydrogen-bond acceptors (Lipinski definition) is 6. The minimum Gasteiger partial charge on any atom is -0.478 e. The molecule has 0 bridgehead atoms. The Labute approximate surface area is 129 Å². The van der Waals surface area contributed by atoms with E-state index in [0.717, 1.165) is 23.6 Å². The molecule has 0 fully saturated rings. The summed E-state index contributed by atoms with van der Waals surface area (Å²) in [6, 6.07) is 1.73. The summed E-state index contributed by atoms with van der Waals surface area (Å²) < 4.78 is 5.36. The monoisotopic (exact) mass is 310 g/mol. The Kier molecular flexibility index (Phi) is 4.34. The Bertz CT molecular complexity index is 627. The summed E-state index contributed by atoms with van der Waals surface area (Å²) in [5, 5.41) is 13.9. The zero-order chi connectivity index (χ0) is 14.2. The summed E-state index contributed by atoms with van der Waals surface area (Å²) in [7, 11) is 0. The highest BCUT2D eigenvalue weighted by atomic mass is 35.5. The number of anilines is 2. The van der Waals surface area contributed by atoms with E-state index in [9.17, 15) is 0 Å². The van der Waals surface area contributed by atoms with Crippen LogP contribution in [-0.2, 0) is 12.1 Å². The first-order valence-electron chi connectivity index (χ1n) is 6.66. The molecule has 114 valence electrons. The summed E-state index contributed by atoms with van der Waals surface area (Å²) >= 11 is 0. The number of rotatable bonds is 4. The van der Waals surface area contributed by atoms with Gasteiger partial charge >= 0.3 is 0 Å². The second-order valence-corrected chi connectivity index (χ2v) is 5.18. The molecule has 8 heteroatoms. The first-order chi connectivity index (χ1) is 9.60. The van der Waals surface area contributed by atoms with Crippen molar-refractivity contribution in [2.24, 2.45) is 0 Å². The van der Waals surface area contributed by atoms with Crippen LogP contribution in [0.15, 0.2) is 12.3 Å². The molecule has 0 saturated carbocycles. The molecule has 0 unspecified atom stereocenters. The number of aromatic amines is 1. The third-order valence-corrected chi connectivity index (χ3v) is 3.35. The summed E-state index contributed by atoms with van der Waals surface area (Å²) in [5.74, 6) is 1.79. The SMILES string of the molecule is CCOc1ccnc(Nc2n[nH]c3c2CNC3(C)C)n1.Cl.